The molecule has 1 atom stereocenters. The third-order valence-corrected chi connectivity index (χ3v) is 5.88. The summed E-state index contributed by atoms with van der Waals surface area (Å²) in [6, 6.07) is 7.98. The average molecular weight is 410 g/mol. The smallest absolute Gasteiger partial charge is 0.243 e. The first-order valence-electron chi connectivity index (χ1n) is 7.64. The number of anilines is 2. The lowest BCUT2D eigenvalue weighted by Gasteiger charge is -2.13. The standard InChI is InChI=1S/C16H16ClN5O4S/c1-10(16(24)21-15-11(7-18)8-19-22(15)2)27(25,26)9-14(23)20-13-5-3-12(17)4-6-13/h3-6,8,10H,9H2,1-2H3,(H,20,23)(H,21,24). The number of carbonyl (C=O) groups is 2. The second-order valence-corrected chi connectivity index (χ2v) is 8.39. The highest BCUT2D eigenvalue weighted by molar-refractivity contribution is 7.93. The van der Waals surface area contributed by atoms with E-state index in [0.717, 1.165) is 0 Å². The number of amides is 2. The van der Waals surface area contributed by atoms with E-state index in [4.69, 9.17) is 16.9 Å². The number of aryl methyl sites for hydroxylation is 1. The Kier molecular flexibility index (Phi) is 6.20. The molecule has 0 spiro atoms. The van der Waals surface area contributed by atoms with E-state index in [9.17, 15) is 18.0 Å². The Labute approximate surface area is 160 Å². The van der Waals surface area contributed by atoms with Gasteiger partial charge in [-0.2, -0.15) is 10.4 Å². The Hall–Kier alpha value is -2.90. The van der Waals surface area contributed by atoms with Crippen LogP contribution in [0.2, 0.25) is 5.02 Å². The Balaban J connectivity index is 2.05. The van der Waals surface area contributed by atoms with Crippen LogP contribution in [0.15, 0.2) is 30.5 Å². The number of nitriles is 1. The number of rotatable bonds is 6. The van der Waals surface area contributed by atoms with Gasteiger partial charge in [0.05, 0.1) is 6.20 Å². The second-order valence-electron chi connectivity index (χ2n) is 5.64. The highest BCUT2D eigenvalue weighted by Gasteiger charge is 2.31. The van der Waals surface area contributed by atoms with Crippen LogP contribution >= 0.6 is 11.6 Å². The SMILES string of the molecule is CC(C(=O)Nc1c(C#N)cnn1C)S(=O)(=O)CC(=O)Nc1ccc(Cl)cc1. The van der Waals surface area contributed by atoms with Gasteiger partial charge >= 0.3 is 0 Å². The first kappa shape index (κ1) is 20.4. The van der Waals surface area contributed by atoms with Crippen LogP contribution in [-0.4, -0.2) is 41.0 Å². The van der Waals surface area contributed by atoms with Gasteiger partial charge in [-0.1, -0.05) is 11.6 Å². The van der Waals surface area contributed by atoms with Crippen molar-refractivity contribution in [3.05, 3.63) is 41.0 Å². The van der Waals surface area contributed by atoms with Crippen molar-refractivity contribution in [1.29, 1.82) is 5.26 Å². The molecule has 2 aromatic rings. The summed E-state index contributed by atoms with van der Waals surface area (Å²) >= 11 is 5.74. The fourth-order valence-electron chi connectivity index (χ4n) is 2.09. The van der Waals surface area contributed by atoms with Gasteiger partial charge in [0.1, 0.15) is 28.5 Å². The predicted molar refractivity (Wildman–Crippen MR) is 99.9 cm³/mol. The van der Waals surface area contributed by atoms with Crippen LogP contribution in [0.3, 0.4) is 0 Å². The molecule has 1 aromatic carbocycles. The molecule has 0 radical (unpaired) electrons. The number of nitrogens with zero attached hydrogens (tertiary/aromatic N) is 3. The van der Waals surface area contributed by atoms with Gasteiger partial charge in [0.2, 0.25) is 11.8 Å². The van der Waals surface area contributed by atoms with Crippen molar-refractivity contribution < 1.29 is 18.0 Å². The number of carbonyl (C=O) groups excluding carboxylic acids is 2. The number of hydrogen-bond donors (Lipinski definition) is 2. The molecule has 1 aromatic heterocycles. The lowest BCUT2D eigenvalue weighted by Crippen LogP contribution is -2.37. The Bertz CT molecular complexity index is 1010. The van der Waals surface area contributed by atoms with Gasteiger partial charge in [0.15, 0.2) is 9.84 Å². The third kappa shape index (κ3) is 5.06. The molecule has 0 saturated heterocycles. The van der Waals surface area contributed by atoms with Gasteiger partial charge in [0, 0.05) is 17.8 Å². The summed E-state index contributed by atoms with van der Waals surface area (Å²) in [5.74, 6) is -2.44. The minimum absolute atomic E-state index is 0.0789. The van der Waals surface area contributed by atoms with Crippen LogP contribution in [0, 0.1) is 11.3 Å². The summed E-state index contributed by atoms with van der Waals surface area (Å²) in [6.07, 6.45) is 1.24. The van der Waals surface area contributed by atoms with Crippen molar-refractivity contribution in [2.75, 3.05) is 16.4 Å². The molecule has 11 heteroatoms. The molecule has 9 nitrogen and oxygen atoms in total. The molecule has 142 valence electrons. The van der Waals surface area contributed by atoms with Crippen LogP contribution in [0.1, 0.15) is 12.5 Å². The maximum Gasteiger partial charge on any atom is 0.243 e. The topological polar surface area (TPSA) is 134 Å². The van der Waals surface area contributed by atoms with Gasteiger partial charge in [-0.05, 0) is 31.2 Å². The molecule has 0 fully saturated rings. The molecule has 2 rings (SSSR count). The largest absolute Gasteiger partial charge is 0.325 e. The van der Waals surface area contributed by atoms with E-state index in [1.54, 1.807) is 12.1 Å². The first-order chi connectivity index (χ1) is 12.6. The highest BCUT2D eigenvalue weighted by atomic mass is 35.5. The second kappa shape index (κ2) is 8.20. The molecular formula is C16H16ClN5O4S. The van der Waals surface area contributed by atoms with E-state index in [1.165, 1.54) is 37.0 Å². The monoisotopic (exact) mass is 409 g/mol. The molecule has 0 aliphatic heterocycles. The number of nitrogens with one attached hydrogen (secondary N) is 2. The van der Waals surface area contributed by atoms with Gasteiger partial charge in [0.25, 0.3) is 0 Å². The summed E-state index contributed by atoms with van der Waals surface area (Å²) < 4.78 is 26.0. The molecule has 2 N–H and O–H groups in total. The van der Waals surface area contributed by atoms with Gasteiger partial charge < -0.3 is 10.6 Å². The predicted octanol–water partition coefficient (Wildman–Crippen LogP) is 1.33. The summed E-state index contributed by atoms with van der Waals surface area (Å²) in [7, 11) is -2.59. The zero-order valence-electron chi connectivity index (χ0n) is 14.4. The van der Waals surface area contributed by atoms with E-state index in [-0.39, 0.29) is 11.4 Å². The Morgan fingerprint density at radius 2 is 1.93 bits per heavy atom. The maximum atomic E-state index is 12.4. The minimum Gasteiger partial charge on any atom is -0.325 e. The molecule has 0 aliphatic rings. The lowest BCUT2D eigenvalue weighted by molar-refractivity contribution is -0.115. The van der Waals surface area contributed by atoms with Crippen LogP contribution in [0.25, 0.3) is 0 Å². The fraction of sp³-hybridized carbons (Fsp3) is 0.250. The Morgan fingerprint density at radius 3 is 2.52 bits per heavy atom. The molecule has 0 saturated carbocycles. The minimum atomic E-state index is -4.09. The lowest BCUT2D eigenvalue weighted by atomic mass is 10.3. The Morgan fingerprint density at radius 1 is 1.30 bits per heavy atom. The number of aromatic nitrogens is 2. The molecular weight excluding hydrogens is 394 g/mol. The number of sulfone groups is 1. The van der Waals surface area contributed by atoms with Crippen molar-refractivity contribution in [2.45, 2.75) is 12.2 Å². The van der Waals surface area contributed by atoms with Gasteiger partial charge in [-0.25, -0.2) is 8.42 Å². The van der Waals surface area contributed by atoms with E-state index in [0.29, 0.717) is 10.7 Å². The van der Waals surface area contributed by atoms with Crippen molar-refractivity contribution >= 4 is 44.8 Å². The quantitative estimate of drug-likeness (QED) is 0.739. The molecule has 27 heavy (non-hydrogen) atoms. The van der Waals surface area contributed by atoms with Crippen molar-refractivity contribution in [1.82, 2.24) is 9.78 Å². The van der Waals surface area contributed by atoms with Gasteiger partial charge in [-0.3, -0.25) is 14.3 Å². The maximum absolute atomic E-state index is 12.4. The average Bonchev–Trinajstić information content (AvgIpc) is 2.95. The van der Waals surface area contributed by atoms with E-state index in [2.05, 4.69) is 15.7 Å². The van der Waals surface area contributed by atoms with Crippen molar-refractivity contribution in [2.24, 2.45) is 7.05 Å². The van der Waals surface area contributed by atoms with Crippen LogP contribution < -0.4 is 10.6 Å². The zero-order valence-corrected chi connectivity index (χ0v) is 16.0. The van der Waals surface area contributed by atoms with E-state index in [1.807, 2.05) is 6.07 Å². The highest BCUT2D eigenvalue weighted by Crippen LogP contribution is 2.16. The normalized spacial score (nSPS) is 12.1. The molecule has 0 bridgehead atoms. The summed E-state index contributed by atoms with van der Waals surface area (Å²) in [5.41, 5.74) is 0.473. The van der Waals surface area contributed by atoms with Crippen LogP contribution in [0.4, 0.5) is 11.5 Å². The van der Waals surface area contributed by atoms with Crippen LogP contribution in [-0.2, 0) is 26.5 Å². The zero-order chi connectivity index (χ0) is 20.2. The van der Waals surface area contributed by atoms with E-state index >= 15 is 0 Å². The summed E-state index contributed by atoms with van der Waals surface area (Å²) in [4.78, 5) is 24.3. The van der Waals surface area contributed by atoms with Gasteiger partial charge in [-0.15, -0.1) is 0 Å². The fourth-order valence-corrected chi connectivity index (χ4v) is 3.29. The van der Waals surface area contributed by atoms with Crippen molar-refractivity contribution in [3.8, 4) is 6.07 Å². The molecule has 0 aliphatic carbocycles. The number of benzene rings is 1. The van der Waals surface area contributed by atoms with Crippen molar-refractivity contribution in [3.63, 3.8) is 0 Å². The molecule has 1 unspecified atom stereocenters. The molecule has 1 heterocycles. The third-order valence-electron chi connectivity index (χ3n) is 3.67. The first-order valence-corrected chi connectivity index (χ1v) is 9.73. The van der Waals surface area contributed by atoms with Crippen LogP contribution in [0.5, 0.6) is 0 Å². The number of halogens is 1. The summed E-state index contributed by atoms with van der Waals surface area (Å²) in [6.45, 7) is 1.17. The summed E-state index contributed by atoms with van der Waals surface area (Å²) in [5, 5.41) is 16.6. The number of hydrogen-bond acceptors (Lipinski definition) is 6. The molecule has 2 amide bonds. The van der Waals surface area contributed by atoms with E-state index < -0.39 is 32.7 Å².